The summed E-state index contributed by atoms with van der Waals surface area (Å²) in [7, 11) is 0. The number of rotatable bonds is 4. The highest BCUT2D eigenvalue weighted by Gasteiger charge is 2.38. The van der Waals surface area contributed by atoms with Crippen LogP contribution in [-0.4, -0.2) is 23.9 Å². The molecular weight excluding hydrogens is 338 g/mol. The van der Waals surface area contributed by atoms with E-state index in [4.69, 9.17) is 0 Å². The van der Waals surface area contributed by atoms with Crippen molar-refractivity contribution in [3.8, 4) is 0 Å². The highest BCUT2D eigenvalue weighted by molar-refractivity contribution is 6.04. The lowest BCUT2D eigenvalue weighted by Crippen LogP contribution is -2.39. The molecule has 0 spiro atoms. The van der Waals surface area contributed by atoms with Crippen molar-refractivity contribution >= 4 is 23.2 Å². The minimum Gasteiger partial charge on any atom is -0.325 e. The first-order chi connectivity index (χ1) is 13.2. The van der Waals surface area contributed by atoms with Gasteiger partial charge < -0.3 is 16.0 Å². The number of amides is 2. The third-order valence-electron chi connectivity index (χ3n) is 5.60. The Labute approximate surface area is 159 Å². The van der Waals surface area contributed by atoms with Gasteiger partial charge in [-0.05, 0) is 55.5 Å². The zero-order valence-corrected chi connectivity index (χ0v) is 15.3. The van der Waals surface area contributed by atoms with Crippen LogP contribution in [0.4, 0.5) is 11.4 Å². The van der Waals surface area contributed by atoms with Crippen LogP contribution < -0.4 is 16.0 Å². The number of hydrogen-bond donors (Lipinski definition) is 3. The van der Waals surface area contributed by atoms with Crippen LogP contribution >= 0.6 is 0 Å². The van der Waals surface area contributed by atoms with Crippen molar-refractivity contribution in [3.05, 3.63) is 60.2 Å². The van der Waals surface area contributed by atoms with Gasteiger partial charge in [-0.3, -0.25) is 9.59 Å². The molecule has 2 aromatic carbocycles. The van der Waals surface area contributed by atoms with Gasteiger partial charge in [-0.1, -0.05) is 37.1 Å². The lowest BCUT2D eigenvalue weighted by atomic mass is 9.85. The van der Waals surface area contributed by atoms with Crippen LogP contribution in [0.2, 0.25) is 0 Å². The van der Waals surface area contributed by atoms with E-state index in [9.17, 15) is 9.59 Å². The normalized spacial score (nSPS) is 24.1. The highest BCUT2D eigenvalue weighted by atomic mass is 16.2. The Kier molecular flexibility index (Phi) is 5.21. The van der Waals surface area contributed by atoms with E-state index in [1.165, 1.54) is 25.7 Å². The van der Waals surface area contributed by atoms with E-state index in [0.29, 0.717) is 28.9 Å². The van der Waals surface area contributed by atoms with Crippen molar-refractivity contribution < 1.29 is 9.59 Å². The van der Waals surface area contributed by atoms with Crippen LogP contribution in [0.25, 0.3) is 0 Å². The lowest BCUT2D eigenvalue weighted by molar-refractivity contribution is -0.117. The molecule has 5 nitrogen and oxygen atoms in total. The largest absolute Gasteiger partial charge is 0.325 e. The molecule has 3 N–H and O–H groups in total. The van der Waals surface area contributed by atoms with Crippen molar-refractivity contribution in [2.75, 3.05) is 10.6 Å². The third kappa shape index (κ3) is 4.19. The first kappa shape index (κ1) is 17.7. The molecule has 2 aliphatic rings. The van der Waals surface area contributed by atoms with Crippen LogP contribution in [0.1, 0.15) is 42.5 Å². The molecule has 2 aromatic rings. The van der Waals surface area contributed by atoms with Crippen molar-refractivity contribution in [1.82, 2.24) is 5.32 Å². The topological polar surface area (TPSA) is 70.2 Å². The molecule has 3 atom stereocenters. The summed E-state index contributed by atoms with van der Waals surface area (Å²) in [5.74, 6) is 0.475. The molecule has 3 unspecified atom stereocenters. The molecule has 1 saturated carbocycles. The molecule has 5 heteroatoms. The van der Waals surface area contributed by atoms with Gasteiger partial charge in [0.1, 0.15) is 0 Å². The molecule has 1 heterocycles. The van der Waals surface area contributed by atoms with E-state index in [1.807, 2.05) is 36.4 Å². The number of anilines is 2. The molecular formula is C22H25N3O2. The Bertz CT molecular complexity index is 807. The van der Waals surface area contributed by atoms with Crippen molar-refractivity contribution in [1.29, 1.82) is 0 Å². The fourth-order valence-electron chi connectivity index (χ4n) is 4.22. The zero-order valence-electron chi connectivity index (χ0n) is 15.3. The smallest absolute Gasteiger partial charge is 0.255 e. The van der Waals surface area contributed by atoms with Gasteiger partial charge in [0.2, 0.25) is 5.91 Å². The van der Waals surface area contributed by atoms with Gasteiger partial charge in [0, 0.05) is 23.0 Å². The number of fused-ring (bicyclic) bond motifs is 1. The molecule has 0 radical (unpaired) electrons. The minimum absolute atomic E-state index is 0.0101. The van der Waals surface area contributed by atoms with Gasteiger partial charge in [-0.25, -0.2) is 0 Å². The molecule has 1 aliphatic heterocycles. The number of carbonyl (C=O) groups excluding carboxylic acids is 2. The summed E-state index contributed by atoms with van der Waals surface area (Å²) in [6, 6.07) is 16.7. The summed E-state index contributed by atoms with van der Waals surface area (Å²) in [5.41, 5.74) is 1.96. The maximum absolute atomic E-state index is 12.7. The first-order valence-electron chi connectivity index (χ1n) is 9.72. The predicted molar refractivity (Wildman–Crippen MR) is 107 cm³/mol. The summed E-state index contributed by atoms with van der Waals surface area (Å²) in [6.45, 7) is 0. The van der Waals surface area contributed by atoms with Gasteiger partial charge >= 0.3 is 0 Å². The molecule has 1 saturated heterocycles. The Hall–Kier alpha value is -2.66. The molecule has 2 amide bonds. The SMILES string of the molecule is O=C(Nc1cccc(NC(=O)C2CC3CCCCC3N2)c1)c1ccccc1. The summed E-state index contributed by atoms with van der Waals surface area (Å²) in [6.07, 6.45) is 5.85. The van der Waals surface area contributed by atoms with Crippen LogP contribution in [-0.2, 0) is 4.79 Å². The van der Waals surface area contributed by atoms with Crippen LogP contribution in [0.15, 0.2) is 54.6 Å². The molecule has 4 rings (SSSR count). The molecule has 1 aliphatic carbocycles. The minimum atomic E-state index is -0.166. The van der Waals surface area contributed by atoms with E-state index in [0.717, 1.165) is 6.42 Å². The average molecular weight is 363 g/mol. The summed E-state index contributed by atoms with van der Waals surface area (Å²) >= 11 is 0. The van der Waals surface area contributed by atoms with E-state index in [1.54, 1.807) is 18.2 Å². The van der Waals surface area contributed by atoms with E-state index < -0.39 is 0 Å². The molecule has 2 fully saturated rings. The average Bonchev–Trinajstić information content (AvgIpc) is 3.13. The van der Waals surface area contributed by atoms with Crippen LogP contribution in [0.5, 0.6) is 0 Å². The number of benzene rings is 2. The molecule has 27 heavy (non-hydrogen) atoms. The van der Waals surface area contributed by atoms with E-state index in [2.05, 4.69) is 16.0 Å². The van der Waals surface area contributed by atoms with Crippen LogP contribution in [0.3, 0.4) is 0 Å². The zero-order chi connectivity index (χ0) is 18.6. The fourth-order valence-corrected chi connectivity index (χ4v) is 4.22. The predicted octanol–water partition coefficient (Wildman–Crippen LogP) is 3.80. The molecule has 140 valence electrons. The molecule has 0 aromatic heterocycles. The first-order valence-corrected chi connectivity index (χ1v) is 9.72. The number of nitrogens with one attached hydrogen (secondary N) is 3. The highest BCUT2D eigenvalue weighted by Crippen LogP contribution is 2.33. The summed E-state index contributed by atoms with van der Waals surface area (Å²) in [4.78, 5) is 24.9. The summed E-state index contributed by atoms with van der Waals surface area (Å²) in [5, 5.41) is 9.37. The number of carbonyl (C=O) groups is 2. The fraction of sp³-hybridized carbons (Fsp3) is 0.364. The van der Waals surface area contributed by atoms with Gasteiger partial charge in [-0.2, -0.15) is 0 Å². The van der Waals surface area contributed by atoms with Gasteiger partial charge in [0.15, 0.2) is 0 Å². The maximum atomic E-state index is 12.7. The monoisotopic (exact) mass is 363 g/mol. The second kappa shape index (κ2) is 7.92. The third-order valence-corrected chi connectivity index (χ3v) is 5.60. The van der Waals surface area contributed by atoms with Gasteiger partial charge in [0.25, 0.3) is 5.91 Å². The summed E-state index contributed by atoms with van der Waals surface area (Å²) < 4.78 is 0. The Morgan fingerprint density at radius 2 is 1.63 bits per heavy atom. The standard InChI is InChI=1S/C22H25N3O2/c26-21(15-7-2-1-3-8-15)23-17-10-6-11-18(14-17)24-22(27)20-13-16-9-4-5-12-19(16)25-20/h1-3,6-8,10-11,14,16,19-20,25H,4-5,9,12-13H2,(H,23,26)(H,24,27). The van der Waals surface area contributed by atoms with Crippen molar-refractivity contribution in [2.24, 2.45) is 5.92 Å². The van der Waals surface area contributed by atoms with Crippen LogP contribution in [0, 0.1) is 5.92 Å². The quantitative estimate of drug-likeness (QED) is 0.774. The van der Waals surface area contributed by atoms with E-state index in [-0.39, 0.29) is 17.9 Å². The second-order valence-electron chi connectivity index (χ2n) is 7.50. The van der Waals surface area contributed by atoms with Crippen molar-refractivity contribution in [3.63, 3.8) is 0 Å². The lowest BCUT2D eigenvalue weighted by Gasteiger charge is -2.24. The van der Waals surface area contributed by atoms with E-state index >= 15 is 0 Å². The van der Waals surface area contributed by atoms with Crippen molar-refractivity contribution in [2.45, 2.75) is 44.2 Å². The number of hydrogen-bond acceptors (Lipinski definition) is 3. The Morgan fingerprint density at radius 1 is 0.889 bits per heavy atom. The Balaban J connectivity index is 1.38. The van der Waals surface area contributed by atoms with Gasteiger partial charge in [0.05, 0.1) is 6.04 Å². The molecule has 0 bridgehead atoms. The van der Waals surface area contributed by atoms with Gasteiger partial charge in [-0.15, -0.1) is 0 Å². The Morgan fingerprint density at radius 3 is 2.41 bits per heavy atom. The maximum Gasteiger partial charge on any atom is 0.255 e. The second-order valence-corrected chi connectivity index (χ2v) is 7.50.